The minimum atomic E-state index is -0.242. The third-order valence-corrected chi connectivity index (χ3v) is 8.69. The van der Waals surface area contributed by atoms with Crippen LogP contribution in [0.25, 0.3) is 0 Å². The smallest absolute Gasteiger partial charge is 0.333 e. The molecule has 0 heterocycles. The van der Waals surface area contributed by atoms with Crippen molar-refractivity contribution in [2.75, 3.05) is 0 Å². The van der Waals surface area contributed by atoms with E-state index in [1.165, 1.54) is 89.9 Å². The predicted octanol–water partition coefficient (Wildman–Crippen LogP) is 6.71. The summed E-state index contributed by atoms with van der Waals surface area (Å²) in [7, 11) is 0. The maximum Gasteiger partial charge on any atom is 0.333 e. The molecule has 0 atom stereocenters. The van der Waals surface area contributed by atoms with E-state index in [1.807, 2.05) is 0 Å². The molecule has 32 heavy (non-hydrogen) atoms. The van der Waals surface area contributed by atoms with Gasteiger partial charge in [-0.3, -0.25) is 4.90 Å². The van der Waals surface area contributed by atoms with Gasteiger partial charge in [0.15, 0.2) is 0 Å². The van der Waals surface area contributed by atoms with E-state index in [9.17, 15) is 4.79 Å². The Kier molecular flexibility index (Phi) is 9.11. The standard InChI is InChI=1S/C28H47NO3/c1-21(2)28(30)32-27-19-17-26(18-20-27)31-25-15-13-24(14-16-25)29(22-9-5-3-6-10-22)23-11-7-4-8-12-23/h22-27H,1,3-20H2,2H3. The maximum atomic E-state index is 11.8. The molecule has 0 amide bonds. The lowest BCUT2D eigenvalue weighted by Crippen LogP contribution is -2.52. The Hall–Kier alpha value is -0.870. The van der Waals surface area contributed by atoms with Crippen LogP contribution in [0.1, 0.15) is 122 Å². The van der Waals surface area contributed by atoms with E-state index in [0.717, 1.165) is 43.8 Å². The van der Waals surface area contributed by atoms with Gasteiger partial charge in [-0.25, -0.2) is 4.79 Å². The Morgan fingerprint density at radius 2 is 1.03 bits per heavy atom. The molecule has 0 N–H and O–H groups in total. The zero-order valence-electron chi connectivity index (χ0n) is 20.6. The number of hydrogen-bond donors (Lipinski definition) is 0. The molecule has 4 rings (SSSR count). The molecule has 0 aromatic heterocycles. The quantitative estimate of drug-likeness (QED) is 0.322. The number of carbonyl (C=O) groups excluding carboxylic acids is 1. The summed E-state index contributed by atoms with van der Waals surface area (Å²) in [5, 5.41) is 0. The van der Waals surface area contributed by atoms with Crippen molar-refractivity contribution >= 4 is 5.97 Å². The molecule has 182 valence electrons. The monoisotopic (exact) mass is 445 g/mol. The highest BCUT2D eigenvalue weighted by atomic mass is 16.5. The summed E-state index contributed by atoms with van der Waals surface area (Å²) in [6, 6.07) is 2.50. The molecule has 4 nitrogen and oxygen atoms in total. The van der Waals surface area contributed by atoms with Gasteiger partial charge in [0, 0.05) is 23.7 Å². The second-order valence-corrected chi connectivity index (χ2v) is 11.2. The zero-order valence-corrected chi connectivity index (χ0v) is 20.6. The molecule has 0 radical (unpaired) electrons. The van der Waals surface area contributed by atoms with Crippen LogP contribution in [-0.2, 0) is 14.3 Å². The van der Waals surface area contributed by atoms with E-state index in [0.29, 0.717) is 17.8 Å². The third kappa shape index (κ3) is 6.59. The van der Waals surface area contributed by atoms with Crippen molar-refractivity contribution in [2.45, 2.75) is 159 Å². The topological polar surface area (TPSA) is 38.8 Å². The first kappa shape index (κ1) is 24.3. The molecule has 4 aliphatic rings. The Morgan fingerprint density at radius 1 is 0.625 bits per heavy atom. The minimum absolute atomic E-state index is 0.0503. The van der Waals surface area contributed by atoms with Crippen molar-refractivity contribution in [3.8, 4) is 0 Å². The SMILES string of the molecule is C=C(C)C(=O)OC1CCC(OC2CCC(N(C3CCCCC3)C3CCCCC3)CC2)CC1. The molecule has 0 aromatic carbocycles. The average molecular weight is 446 g/mol. The summed E-state index contributed by atoms with van der Waals surface area (Å²) in [5.74, 6) is -0.242. The van der Waals surface area contributed by atoms with Gasteiger partial charge >= 0.3 is 5.97 Å². The summed E-state index contributed by atoms with van der Waals surface area (Å²) >= 11 is 0. The highest BCUT2D eigenvalue weighted by molar-refractivity contribution is 5.87. The molecule has 4 fully saturated rings. The first-order valence-corrected chi connectivity index (χ1v) is 13.9. The Bertz CT molecular complexity index is 574. The number of rotatable bonds is 7. The van der Waals surface area contributed by atoms with E-state index in [4.69, 9.17) is 9.47 Å². The summed E-state index contributed by atoms with van der Waals surface area (Å²) in [5.41, 5.74) is 0.496. The summed E-state index contributed by atoms with van der Waals surface area (Å²) in [4.78, 5) is 14.8. The van der Waals surface area contributed by atoms with Crippen molar-refractivity contribution in [3.05, 3.63) is 12.2 Å². The van der Waals surface area contributed by atoms with Crippen LogP contribution in [0, 0.1) is 0 Å². The lowest BCUT2D eigenvalue weighted by molar-refractivity contribution is -0.148. The van der Waals surface area contributed by atoms with Crippen LogP contribution in [0.15, 0.2) is 12.2 Å². The van der Waals surface area contributed by atoms with E-state index in [-0.39, 0.29) is 12.1 Å². The van der Waals surface area contributed by atoms with Gasteiger partial charge in [-0.05, 0) is 84.0 Å². The average Bonchev–Trinajstić information content (AvgIpc) is 2.83. The van der Waals surface area contributed by atoms with Gasteiger partial charge in [0.05, 0.1) is 12.2 Å². The van der Waals surface area contributed by atoms with Crippen molar-refractivity contribution in [1.82, 2.24) is 4.90 Å². The number of esters is 1. The molecular weight excluding hydrogens is 398 g/mol. The molecule has 4 aliphatic carbocycles. The number of nitrogens with zero attached hydrogens (tertiary/aromatic N) is 1. The second-order valence-electron chi connectivity index (χ2n) is 11.2. The fourth-order valence-corrected chi connectivity index (χ4v) is 6.94. The maximum absolute atomic E-state index is 11.8. The van der Waals surface area contributed by atoms with Gasteiger partial charge in [-0.1, -0.05) is 45.1 Å². The second kappa shape index (κ2) is 12.0. The van der Waals surface area contributed by atoms with Gasteiger partial charge in [-0.2, -0.15) is 0 Å². The number of hydrogen-bond acceptors (Lipinski definition) is 4. The van der Waals surface area contributed by atoms with Gasteiger partial charge in [0.2, 0.25) is 0 Å². The highest BCUT2D eigenvalue weighted by Gasteiger charge is 2.37. The Balaban J connectivity index is 1.23. The molecule has 0 unspecified atom stereocenters. The van der Waals surface area contributed by atoms with Gasteiger partial charge in [0.1, 0.15) is 6.10 Å². The molecule has 0 aromatic rings. The molecule has 0 spiro atoms. The van der Waals surface area contributed by atoms with Gasteiger partial charge in [-0.15, -0.1) is 0 Å². The van der Waals surface area contributed by atoms with Crippen LogP contribution >= 0.6 is 0 Å². The lowest BCUT2D eigenvalue weighted by atomic mass is 9.83. The fourth-order valence-electron chi connectivity index (χ4n) is 6.94. The largest absolute Gasteiger partial charge is 0.459 e. The predicted molar refractivity (Wildman–Crippen MR) is 130 cm³/mol. The lowest BCUT2D eigenvalue weighted by Gasteiger charge is -2.48. The van der Waals surface area contributed by atoms with Gasteiger partial charge < -0.3 is 9.47 Å². The number of ether oxygens (including phenoxy) is 2. The van der Waals surface area contributed by atoms with Crippen LogP contribution in [0.5, 0.6) is 0 Å². The van der Waals surface area contributed by atoms with E-state index >= 15 is 0 Å². The molecule has 4 heteroatoms. The molecule has 0 saturated heterocycles. The minimum Gasteiger partial charge on any atom is -0.459 e. The van der Waals surface area contributed by atoms with Crippen LogP contribution in [0.3, 0.4) is 0 Å². The first-order chi connectivity index (χ1) is 15.6. The molecule has 4 saturated carbocycles. The Morgan fingerprint density at radius 3 is 1.50 bits per heavy atom. The summed E-state index contributed by atoms with van der Waals surface area (Å²) in [6.07, 6.45) is 24.2. The van der Waals surface area contributed by atoms with Crippen LogP contribution < -0.4 is 0 Å². The fraction of sp³-hybridized carbons (Fsp3) is 0.893. The summed E-state index contributed by atoms with van der Waals surface area (Å²) < 4.78 is 12.1. The van der Waals surface area contributed by atoms with Crippen LogP contribution in [0.2, 0.25) is 0 Å². The zero-order chi connectivity index (χ0) is 22.3. The van der Waals surface area contributed by atoms with E-state index in [1.54, 1.807) is 6.92 Å². The highest BCUT2D eigenvalue weighted by Crippen LogP contribution is 2.37. The van der Waals surface area contributed by atoms with E-state index < -0.39 is 0 Å². The van der Waals surface area contributed by atoms with Crippen LogP contribution in [0.4, 0.5) is 0 Å². The van der Waals surface area contributed by atoms with Crippen molar-refractivity contribution in [1.29, 1.82) is 0 Å². The first-order valence-electron chi connectivity index (χ1n) is 13.9. The van der Waals surface area contributed by atoms with Crippen molar-refractivity contribution < 1.29 is 14.3 Å². The summed E-state index contributed by atoms with van der Waals surface area (Å²) in [6.45, 7) is 5.41. The third-order valence-electron chi connectivity index (χ3n) is 8.69. The number of carbonyl (C=O) groups is 1. The van der Waals surface area contributed by atoms with Crippen molar-refractivity contribution in [3.63, 3.8) is 0 Å². The molecular formula is C28H47NO3. The normalized spacial score (nSPS) is 33.2. The van der Waals surface area contributed by atoms with Gasteiger partial charge in [0.25, 0.3) is 0 Å². The van der Waals surface area contributed by atoms with Crippen LogP contribution in [-0.4, -0.2) is 47.3 Å². The van der Waals surface area contributed by atoms with E-state index in [2.05, 4.69) is 11.5 Å². The van der Waals surface area contributed by atoms with Crippen molar-refractivity contribution in [2.24, 2.45) is 0 Å². The molecule has 0 aliphatic heterocycles. The Labute approximate surface area is 196 Å². The molecule has 0 bridgehead atoms.